The smallest absolute Gasteiger partial charge is 0.318 e. The maximum Gasteiger partial charge on any atom is 0.318 e. The highest BCUT2D eigenvalue weighted by molar-refractivity contribution is 5.69. The fourth-order valence-electron chi connectivity index (χ4n) is 3.34. The van der Waals surface area contributed by atoms with Crippen molar-refractivity contribution in [3.05, 3.63) is 88.0 Å². The first-order valence-corrected chi connectivity index (χ1v) is 9.65. The van der Waals surface area contributed by atoms with Crippen LogP contribution in [0.15, 0.2) is 65.6 Å². The molecule has 152 valence electrons. The highest BCUT2D eigenvalue weighted by atomic mass is 16.5. The lowest BCUT2D eigenvalue weighted by Gasteiger charge is -2.13. The minimum atomic E-state index is -0.165. The van der Waals surface area contributed by atoms with Crippen LogP contribution in [0.4, 0.5) is 0 Å². The van der Waals surface area contributed by atoms with Gasteiger partial charge in [0.15, 0.2) is 5.65 Å². The van der Waals surface area contributed by atoms with Gasteiger partial charge in [-0.05, 0) is 36.1 Å². The van der Waals surface area contributed by atoms with E-state index in [1.54, 1.807) is 17.9 Å². The molecule has 0 saturated carbocycles. The summed E-state index contributed by atoms with van der Waals surface area (Å²) in [6.07, 6.45) is 2.85. The number of aromatic nitrogens is 4. The van der Waals surface area contributed by atoms with Gasteiger partial charge in [-0.15, -0.1) is 0 Å². The Hall–Kier alpha value is -3.74. The zero-order valence-electron chi connectivity index (χ0n) is 16.9. The summed E-state index contributed by atoms with van der Waals surface area (Å²) in [5.74, 6) is 0.732. The summed E-state index contributed by atoms with van der Waals surface area (Å²) in [5.41, 5.74) is 3.41. The lowest BCUT2D eigenvalue weighted by Crippen LogP contribution is -2.27. The number of benzene rings is 2. The van der Waals surface area contributed by atoms with Crippen LogP contribution in [-0.2, 0) is 19.4 Å². The van der Waals surface area contributed by atoms with Crippen molar-refractivity contribution in [2.24, 2.45) is 0 Å². The van der Waals surface area contributed by atoms with Crippen LogP contribution in [0.25, 0.3) is 11.2 Å². The summed E-state index contributed by atoms with van der Waals surface area (Å²) in [7, 11) is 3.11. The van der Waals surface area contributed by atoms with Crippen LogP contribution in [0.2, 0.25) is 0 Å². The van der Waals surface area contributed by atoms with E-state index >= 15 is 0 Å². The Morgan fingerprint density at radius 2 is 1.70 bits per heavy atom. The lowest BCUT2D eigenvalue weighted by molar-refractivity contribution is 0.381. The van der Waals surface area contributed by atoms with Crippen LogP contribution in [0.1, 0.15) is 16.8 Å². The number of hydrogen-bond donors (Lipinski definition) is 0. The molecule has 0 aliphatic rings. The molecule has 0 unspecified atom stereocenters. The second-order valence-electron chi connectivity index (χ2n) is 6.85. The van der Waals surface area contributed by atoms with Crippen LogP contribution in [0.5, 0.6) is 11.8 Å². The van der Waals surface area contributed by atoms with Gasteiger partial charge in [0.1, 0.15) is 17.0 Å². The van der Waals surface area contributed by atoms with Crippen LogP contribution >= 0.6 is 0 Å². The third kappa shape index (κ3) is 4.15. The third-order valence-corrected chi connectivity index (χ3v) is 4.88. The minimum Gasteiger partial charge on any atom is -0.497 e. The van der Waals surface area contributed by atoms with E-state index in [4.69, 9.17) is 9.47 Å². The highest BCUT2D eigenvalue weighted by Gasteiger charge is 2.15. The molecule has 0 radical (unpaired) electrons. The lowest BCUT2D eigenvalue weighted by atomic mass is 10.1. The average Bonchev–Trinajstić information content (AvgIpc) is 2.80. The van der Waals surface area contributed by atoms with Gasteiger partial charge in [0, 0.05) is 0 Å². The van der Waals surface area contributed by atoms with Gasteiger partial charge in [-0.2, -0.15) is 4.98 Å². The Labute approximate surface area is 174 Å². The first kappa shape index (κ1) is 19.6. The number of ether oxygens (including phenoxy) is 2. The molecule has 4 aromatic rings. The largest absolute Gasteiger partial charge is 0.497 e. The fourth-order valence-corrected chi connectivity index (χ4v) is 3.34. The number of rotatable bonds is 7. The molecular formula is C23H22N4O3. The Kier molecular flexibility index (Phi) is 5.70. The van der Waals surface area contributed by atoms with Gasteiger partial charge in [0.2, 0.25) is 0 Å². The topological polar surface area (TPSA) is 79.1 Å². The zero-order chi connectivity index (χ0) is 20.9. The zero-order valence-corrected chi connectivity index (χ0v) is 16.9. The van der Waals surface area contributed by atoms with Crippen LogP contribution in [0.3, 0.4) is 0 Å². The fraction of sp³-hybridized carbons (Fsp3) is 0.217. The van der Waals surface area contributed by atoms with Crippen molar-refractivity contribution in [1.29, 1.82) is 0 Å². The maximum absolute atomic E-state index is 13.3. The van der Waals surface area contributed by atoms with E-state index in [-0.39, 0.29) is 11.6 Å². The molecule has 2 heterocycles. The van der Waals surface area contributed by atoms with Crippen molar-refractivity contribution in [3.63, 3.8) is 0 Å². The first-order valence-electron chi connectivity index (χ1n) is 9.65. The minimum absolute atomic E-state index is 0.165. The van der Waals surface area contributed by atoms with Crippen LogP contribution < -0.4 is 15.0 Å². The van der Waals surface area contributed by atoms with Gasteiger partial charge in [0.25, 0.3) is 5.56 Å². The molecule has 7 heteroatoms. The number of hydrogen-bond acceptors (Lipinski definition) is 6. The molecule has 0 atom stereocenters. The number of fused-ring (bicyclic) bond motifs is 1. The van der Waals surface area contributed by atoms with Crippen LogP contribution in [0, 0.1) is 0 Å². The molecular weight excluding hydrogens is 380 g/mol. The van der Waals surface area contributed by atoms with Crippen molar-refractivity contribution in [3.8, 4) is 11.8 Å². The van der Waals surface area contributed by atoms with Crippen molar-refractivity contribution in [2.45, 2.75) is 19.4 Å². The Morgan fingerprint density at radius 1 is 0.900 bits per heavy atom. The van der Waals surface area contributed by atoms with Crippen molar-refractivity contribution in [2.75, 3.05) is 14.2 Å². The predicted molar refractivity (Wildman–Crippen MR) is 114 cm³/mol. The van der Waals surface area contributed by atoms with Gasteiger partial charge in [-0.25, -0.2) is 9.97 Å². The molecule has 0 bridgehead atoms. The molecule has 2 aromatic heterocycles. The van der Waals surface area contributed by atoms with Crippen molar-refractivity contribution < 1.29 is 9.47 Å². The summed E-state index contributed by atoms with van der Waals surface area (Å²) >= 11 is 0. The van der Waals surface area contributed by atoms with E-state index in [1.165, 1.54) is 7.11 Å². The standard InChI is InChI=1S/C23H22N4O3/c1-29-18-10-6-9-17(13-18)15-27-21-20(14-24-23(26-21)30-2)25-19(22(27)28)12-11-16-7-4-3-5-8-16/h3-10,13-14H,11-12,15H2,1-2H3. The second kappa shape index (κ2) is 8.73. The van der Waals surface area contributed by atoms with E-state index in [1.807, 2.05) is 54.6 Å². The monoisotopic (exact) mass is 402 g/mol. The molecule has 2 aromatic carbocycles. The molecule has 0 fully saturated rings. The highest BCUT2D eigenvalue weighted by Crippen LogP contribution is 2.17. The van der Waals surface area contributed by atoms with Gasteiger partial charge < -0.3 is 9.47 Å². The quantitative estimate of drug-likeness (QED) is 0.473. The Balaban J connectivity index is 1.78. The van der Waals surface area contributed by atoms with Gasteiger partial charge >= 0.3 is 6.01 Å². The second-order valence-corrected chi connectivity index (χ2v) is 6.85. The van der Waals surface area contributed by atoms with E-state index < -0.39 is 0 Å². The molecule has 0 spiro atoms. The summed E-state index contributed by atoms with van der Waals surface area (Å²) in [6, 6.07) is 17.9. The molecule has 0 N–H and O–H groups in total. The number of nitrogens with zero attached hydrogens (tertiary/aromatic N) is 4. The summed E-state index contributed by atoms with van der Waals surface area (Å²) in [6.45, 7) is 0.341. The first-order chi connectivity index (χ1) is 14.7. The van der Waals surface area contributed by atoms with E-state index in [2.05, 4.69) is 15.0 Å². The molecule has 0 aliphatic heterocycles. The molecule has 0 saturated heterocycles. The average molecular weight is 402 g/mol. The van der Waals surface area contributed by atoms with Gasteiger partial charge in [-0.3, -0.25) is 9.36 Å². The van der Waals surface area contributed by atoms with Gasteiger partial charge in [0.05, 0.1) is 27.0 Å². The normalized spacial score (nSPS) is 10.9. The molecule has 30 heavy (non-hydrogen) atoms. The SMILES string of the molecule is COc1cccc(Cn2c(=O)c(CCc3ccccc3)nc3cnc(OC)nc32)c1. The predicted octanol–water partition coefficient (Wildman–Crippen LogP) is 3.04. The number of aryl methyl sites for hydroxylation is 2. The Morgan fingerprint density at radius 3 is 2.47 bits per heavy atom. The van der Waals surface area contributed by atoms with Gasteiger partial charge in [-0.1, -0.05) is 42.5 Å². The van der Waals surface area contributed by atoms with Crippen molar-refractivity contribution >= 4 is 11.2 Å². The molecule has 0 aliphatic carbocycles. The van der Waals surface area contributed by atoms with Crippen molar-refractivity contribution in [1.82, 2.24) is 19.5 Å². The van der Waals surface area contributed by atoms with E-state index in [0.29, 0.717) is 29.8 Å². The molecule has 7 nitrogen and oxygen atoms in total. The summed E-state index contributed by atoms with van der Waals surface area (Å²) < 4.78 is 12.1. The molecule has 0 amide bonds. The van der Waals surface area contributed by atoms with Crippen LogP contribution in [-0.4, -0.2) is 33.7 Å². The number of methoxy groups -OCH3 is 2. The Bertz CT molecular complexity index is 1220. The summed E-state index contributed by atoms with van der Waals surface area (Å²) in [5, 5.41) is 0. The third-order valence-electron chi connectivity index (χ3n) is 4.88. The molecule has 4 rings (SSSR count). The summed E-state index contributed by atoms with van der Waals surface area (Å²) in [4.78, 5) is 26.4. The van der Waals surface area contributed by atoms with E-state index in [0.717, 1.165) is 23.3 Å². The van der Waals surface area contributed by atoms with E-state index in [9.17, 15) is 4.79 Å². The maximum atomic E-state index is 13.3.